The number of ether oxygens (including phenoxy) is 1. The Labute approximate surface area is 230 Å². The molecule has 0 spiro atoms. The molecule has 0 aliphatic carbocycles. The number of hydrogen-bond acceptors (Lipinski definition) is 5. The molecule has 3 aromatic carbocycles. The number of anilines is 1. The number of nitrogens with one attached hydrogen (secondary N) is 3. The lowest BCUT2D eigenvalue weighted by molar-refractivity contribution is -0.120. The van der Waals surface area contributed by atoms with Crippen molar-refractivity contribution in [1.82, 2.24) is 15.6 Å². The van der Waals surface area contributed by atoms with Crippen LogP contribution in [0.2, 0.25) is 0 Å². The Morgan fingerprint density at radius 2 is 1.93 bits per heavy atom. The fourth-order valence-electron chi connectivity index (χ4n) is 4.84. The number of rotatable bonds is 10. The van der Waals surface area contributed by atoms with Gasteiger partial charge in [0.1, 0.15) is 11.9 Å². The largest absolute Gasteiger partial charge is 0.442 e. The lowest BCUT2D eigenvalue weighted by Gasteiger charge is -2.16. The van der Waals surface area contributed by atoms with Crippen LogP contribution in [0.1, 0.15) is 18.1 Å². The third-order valence-electron chi connectivity index (χ3n) is 6.98. The number of nitrogens with two attached hydrogens (primary N) is 1. The summed E-state index contributed by atoms with van der Waals surface area (Å²) < 4.78 is 20.4. The fourth-order valence-corrected chi connectivity index (χ4v) is 4.84. The molecule has 4 aromatic rings. The Morgan fingerprint density at radius 1 is 1.15 bits per heavy atom. The molecule has 206 valence electrons. The van der Waals surface area contributed by atoms with Crippen molar-refractivity contribution in [2.24, 2.45) is 5.73 Å². The summed E-state index contributed by atoms with van der Waals surface area (Å²) in [5.74, 6) is -1.13. The van der Waals surface area contributed by atoms with Crippen LogP contribution in [0.3, 0.4) is 0 Å². The summed E-state index contributed by atoms with van der Waals surface area (Å²) in [6.45, 7) is 2.21. The van der Waals surface area contributed by atoms with Crippen LogP contribution < -0.4 is 21.3 Å². The number of hydrogen-bond donors (Lipinski definition) is 4. The van der Waals surface area contributed by atoms with Crippen LogP contribution >= 0.6 is 0 Å². The molecule has 1 aliphatic heterocycles. The number of aromatic amines is 1. The van der Waals surface area contributed by atoms with Gasteiger partial charge in [0.15, 0.2) is 0 Å². The molecule has 1 saturated heterocycles. The number of para-hydroxylation sites is 1. The minimum absolute atomic E-state index is 0.197. The summed E-state index contributed by atoms with van der Waals surface area (Å²) in [4.78, 5) is 40.1. The quantitative estimate of drug-likeness (QED) is 0.243. The Hall–Kier alpha value is -4.70. The van der Waals surface area contributed by atoms with Crippen molar-refractivity contribution in [3.05, 3.63) is 89.9 Å². The maximum absolute atomic E-state index is 15.1. The van der Waals surface area contributed by atoms with E-state index in [0.29, 0.717) is 29.8 Å². The van der Waals surface area contributed by atoms with E-state index in [0.717, 1.165) is 22.0 Å². The molecular formula is C30H30FN5O4. The molecule has 3 amide bonds. The van der Waals surface area contributed by atoms with Crippen LogP contribution in [0.15, 0.2) is 72.9 Å². The smallest absolute Gasteiger partial charge is 0.414 e. The summed E-state index contributed by atoms with van der Waals surface area (Å²) in [7, 11) is 0. The molecule has 0 radical (unpaired) electrons. The summed E-state index contributed by atoms with van der Waals surface area (Å²) in [5.41, 5.74) is 10.0. The van der Waals surface area contributed by atoms with E-state index in [9.17, 15) is 14.4 Å². The molecule has 5 rings (SSSR count). The van der Waals surface area contributed by atoms with E-state index in [1.165, 1.54) is 17.9 Å². The van der Waals surface area contributed by atoms with Gasteiger partial charge in [-0.1, -0.05) is 42.5 Å². The highest BCUT2D eigenvalue weighted by Crippen LogP contribution is 2.29. The molecule has 0 saturated carbocycles. The third kappa shape index (κ3) is 5.97. The highest BCUT2D eigenvalue weighted by Gasteiger charge is 2.32. The number of halogens is 1. The van der Waals surface area contributed by atoms with Gasteiger partial charge in [-0.25, -0.2) is 9.18 Å². The zero-order valence-corrected chi connectivity index (χ0v) is 21.9. The highest BCUT2D eigenvalue weighted by atomic mass is 19.1. The topological polar surface area (TPSA) is 130 Å². The Kier molecular flexibility index (Phi) is 7.79. The molecule has 1 fully saturated rings. The van der Waals surface area contributed by atoms with E-state index in [-0.39, 0.29) is 19.0 Å². The van der Waals surface area contributed by atoms with E-state index in [1.807, 2.05) is 54.7 Å². The number of nitrogens with zero attached hydrogens (tertiary/aromatic N) is 1. The molecular weight excluding hydrogens is 513 g/mol. The van der Waals surface area contributed by atoms with E-state index >= 15 is 4.39 Å². The predicted octanol–water partition coefficient (Wildman–Crippen LogP) is 3.62. The monoisotopic (exact) mass is 543 g/mol. The molecule has 1 aliphatic rings. The van der Waals surface area contributed by atoms with E-state index in [1.54, 1.807) is 12.1 Å². The molecule has 1 aromatic heterocycles. The van der Waals surface area contributed by atoms with Gasteiger partial charge in [0.2, 0.25) is 11.8 Å². The molecule has 9 nitrogen and oxygen atoms in total. The number of H-pyrrole nitrogens is 1. The third-order valence-corrected chi connectivity index (χ3v) is 6.98. The Balaban J connectivity index is 1.22. The average Bonchev–Trinajstić information content (AvgIpc) is 3.53. The normalized spacial score (nSPS) is 15.7. The lowest BCUT2D eigenvalue weighted by atomic mass is 10.0. The zero-order chi connectivity index (χ0) is 28.2. The molecule has 2 atom stereocenters. The van der Waals surface area contributed by atoms with E-state index < -0.39 is 30.0 Å². The number of benzene rings is 3. The van der Waals surface area contributed by atoms with Crippen molar-refractivity contribution in [3.8, 4) is 11.1 Å². The van der Waals surface area contributed by atoms with Crippen LogP contribution in [0.5, 0.6) is 0 Å². The Morgan fingerprint density at radius 3 is 2.65 bits per heavy atom. The van der Waals surface area contributed by atoms with Crippen molar-refractivity contribution < 1.29 is 23.5 Å². The van der Waals surface area contributed by atoms with Crippen LogP contribution in [0.25, 0.3) is 22.0 Å². The van der Waals surface area contributed by atoms with Crippen molar-refractivity contribution in [2.45, 2.75) is 32.0 Å². The van der Waals surface area contributed by atoms with Crippen molar-refractivity contribution in [2.75, 3.05) is 18.0 Å². The first-order valence-electron chi connectivity index (χ1n) is 13.0. The minimum atomic E-state index is -0.585. The molecule has 0 bridgehead atoms. The van der Waals surface area contributed by atoms with Gasteiger partial charge in [-0.05, 0) is 47.4 Å². The van der Waals surface area contributed by atoms with Gasteiger partial charge in [-0.15, -0.1) is 0 Å². The molecule has 2 heterocycles. The standard InChI is InChI=1S/C30H30FN5O4/c1-18(37)33-16-23-17-36(30(39)40-23)22-10-11-24(26(31)13-22)20-8-6-19(7-9-20)14-34-28(29(32)38)12-21-15-35-27-5-3-2-4-25(21)27/h2-11,13,15,23,28,34-35H,12,14,16-17H2,1H3,(H2,32,38)(H,33,37)/t23-,28-/m0/s1. The summed E-state index contributed by atoms with van der Waals surface area (Å²) in [6, 6.07) is 19.3. The number of carbonyl (C=O) groups excluding carboxylic acids is 3. The first-order valence-corrected chi connectivity index (χ1v) is 13.0. The van der Waals surface area contributed by atoms with Crippen LogP contribution in [0, 0.1) is 5.82 Å². The van der Waals surface area contributed by atoms with E-state index in [2.05, 4.69) is 15.6 Å². The van der Waals surface area contributed by atoms with Crippen molar-refractivity contribution in [1.29, 1.82) is 0 Å². The minimum Gasteiger partial charge on any atom is -0.442 e. The van der Waals surface area contributed by atoms with Gasteiger partial charge >= 0.3 is 6.09 Å². The van der Waals surface area contributed by atoms with Crippen LogP contribution in [0.4, 0.5) is 14.9 Å². The summed E-state index contributed by atoms with van der Waals surface area (Å²) >= 11 is 0. The van der Waals surface area contributed by atoms with Gasteiger partial charge in [0.05, 0.1) is 24.8 Å². The Bertz CT molecular complexity index is 1550. The van der Waals surface area contributed by atoms with Crippen molar-refractivity contribution in [3.63, 3.8) is 0 Å². The average molecular weight is 544 g/mol. The van der Waals surface area contributed by atoms with Crippen LogP contribution in [-0.2, 0) is 27.3 Å². The van der Waals surface area contributed by atoms with Crippen LogP contribution in [-0.4, -0.2) is 48.1 Å². The number of cyclic esters (lactones) is 1. The summed E-state index contributed by atoms with van der Waals surface area (Å²) in [6.07, 6.45) is 1.26. The van der Waals surface area contributed by atoms with Crippen molar-refractivity contribution >= 4 is 34.5 Å². The first kappa shape index (κ1) is 26.9. The molecule has 10 heteroatoms. The van der Waals surface area contributed by atoms with Gasteiger partial charge in [0, 0.05) is 36.1 Å². The number of amides is 3. The lowest BCUT2D eigenvalue weighted by Crippen LogP contribution is -2.42. The summed E-state index contributed by atoms with van der Waals surface area (Å²) in [5, 5.41) is 6.91. The first-order chi connectivity index (χ1) is 19.3. The number of aromatic nitrogens is 1. The fraction of sp³-hybridized carbons (Fsp3) is 0.233. The zero-order valence-electron chi connectivity index (χ0n) is 21.9. The number of carbonyl (C=O) groups is 3. The predicted molar refractivity (Wildman–Crippen MR) is 150 cm³/mol. The van der Waals surface area contributed by atoms with E-state index in [4.69, 9.17) is 10.5 Å². The SMILES string of the molecule is CC(=O)NC[C@H]1CN(c2ccc(-c3ccc(CN[C@@H](Cc4c[nH]c5ccccc45)C(N)=O)cc3)c(F)c2)C(=O)O1. The van der Waals surface area contributed by atoms with Gasteiger partial charge in [-0.3, -0.25) is 14.5 Å². The van der Waals surface area contributed by atoms with Gasteiger partial charge < -0.3 is 26.1 Å². The maximum Gasteiger partial charge on any atom is 0.414 e. The number of fused-ring (bicyclic) bond motifs is 1. The maximum atomic E-state index is 15.1. The van der Waals surface area contributed by atoms with Gasteiger partial charge in [0.25, 0.3) is 0 Å². The van der Waals surface area contributed by atoms with Gasteiger partial charge in [-0.2, -0.15) is 0 Å². The number of primary amides is 1. The second kappa shape index (κ2) is 11.6. The second-order valence-electron chi connectivity index (χ2n) is 9.81. The molecule has 5 N–H and O–H groups in total. The highest BCUT2D eigenvalue weighted by molar-refractivity contribution is 5.90. The molecule has 40 heavy (non-hydrogen) atoms. The second-order valence-corrected chi connectivity index (χ2v) is 9.81. The molecule has 0 unspecified atom stereocenters.